The van der Waals surface area contributed by atoms with Gasteiger partial charge in [-0.1, -0.05) is 0 Å². The fourth-order valence-electron chi connectivity index (χ4n) is 2.26. The highest BCUT2D eigenvalue weighted by Gasteiger charge is 2.45. The highest BCUT2D eigenvalue weighted by molar-refractivity contribution is 4.90. The molecule has 2 heterocycles. The molecule has 0 spiro atoms. The Kier molecular flexibility index (Phi) is 4.75. The van der Waals surface area contributed by atoms with Gasteiger partial charge in [0.15, 0.2) is 6.29 Å². The van der Waals surface area contributed by atoms with Gasteiger partial charge in [-0.15, -0.1) is 0 Å². The maximum absolute atomic E-state index is 9.67. The van der Waals surface area contributed by atoms with E-state index >= 15 is 0 Å². The maximum Gasteiger partial charge on any atom is 0.186 e. The van der Waals surface area contributed by atoms with Gasteiger partial charge in [0.1, 0.15) is 36.6 Å². The summed E-state index contributed by atoms with van der Waals surface area (Å²) in [5, 5.41) is 47.3. The molecule has 0 amide bonds. The molecule has 8 nitrogen and oxygen atoms in total. The van der Waals surface area contributed by atoms with Crippen LogP contribution in [0.3, 0.4) is 0 Å². The molecule has 5 N–H and O–H groups in total. The Morgan fingerprint density at radius 2 is 1.53 bits per heavy atom. The van der Waals surface area contributed by atoms with Crippen LogP contribution in [0.5, 0.6) is 0 Å². The van der Waals surface area contributed by atoms with Crippen LogP contribution < -0.4 is 0 Å². The molecule has 2 rings (SSSR count). The van der Waals surface area contributed by atoms with Gasteiger partial charge in [-0.2, -0.15) is 0 Å². The molecule has 0 radical (unpaired) electrons. The highest BCUT2D eigenvalue weighted by Crippen LogP contribution is 2.25. The van der Waals surface area contributed by atoms with Crippen LogP contribution in [0, 0.1) is 0 Å². The minimum absolute atomic E-state index is 0.102. The second-order valence-electron chi connectivity index (χ2n) is 4.90. The summed E-state index contributed by atoms with van der Waals surface area (Å²) in [6, 6.07) is 0. The van der Waals surface area contributed by atoms with Gasteiger partial charge in [-0.25, -0.2) is 0 Å². The lowest BCUT2D eigenvalue weighted by Gasteiger charge is -2.20. The summed E-state index contributed by atoms with van der Waals surface area (Å²) in [7, 11) is 0. The number of hydrogen-bond acceptors (Lipinski definition) is 8. The lowest BCUT2D eigenvalue weighted by Crippen LogP contribution is -2.38. The number of hydrogen-bond donors (Lipinski definition) is 5. The summed E-state index contributed by atoms with van der Waals surface area (Å²) in [5.41, 5.74) is 0. The van der Waals surface area contributed by atoms with Crippen molar-refractivity contribution in [2.24, 2.45) is 0 Å². The van der Waals surface area contributed by atoms with E-state index in [1.807, 2.05) is 0 Å². The summed E-state index contributed by atoms with van der Waals surface area (Å²) in [5.74, 6) is 0. The summed E-state index contributed by atoms with van der Waals surface area (Å²) in [6.45, 7) is 1.09. The van der Waals surface area contributed by atoms with Crippen molar-refractivity contribution in [3.63, 3.8) is 0 Å². The van der Waals surface area contributed by atoms with Crippen LogP contribution in [-0.2, 0) is 14.2 Å². The van der Waals surface area contributed by atoms with Crippen molar-refractivity contribution in [3.05, 3.63) is 0 Å². The SMILES string of the molecule is C[C@@H]1O[C@@H](CO[C@@H]2O[C@@H](CO)C(O)[C@@H]2O)C(O)C1O. The minimum Gasteiger partial charge on any atom is -0.394 e. The van der Waals surface area contributed by atoms with E-state index in [1.165, 1.54) is 0 Å². The van der Waals surface area contributed by atoms with Crippen molar-refractivity contribution in [2.75, 3.05) is 13.2 Å². The Bertz CT molecular complexity index is 300. The molecule has 112 valence electrons. The zero-order valence-electron chi connectivity index (χ0n) is 10.5. The Morgan fingerprint density at radius 3 is 2.00 bits per heavy atom. The van der Waals surface area contributed by atoms with Gasteiger partial charge in [0.05, 0.1) is 19.3 Å². The quantitative estimate of drug-likeness (QED) is 0.367. The van der Waals surface area contributed by atoms with E-state index in [1.54, 1.807) is 6.92 Å². The molecule has 8 atom stereocenters. The zero-order valence-corrected chi connectivity index (χ0v) is 10.5. The monoisotopic (exact) mass is 280 g/mol. The third-order valence-corrected chi connectivity index (χ3v) is 3.52. The van der Waals surface area contributed by atoms with Crippen molar-refractivity contribution < 1.29 is 39.7 Å². The van der Waals surface area contributed by atoms with Crippen molar-refractivity contribution in [1.29, 1.82) is 0 Å². The molecule has 19 heavy (non-hydrogen) atoms. The van der Waals surface area contributed by atoms with E-state index in [2.05, 4.69) is 0 Å². The zero-order chi connectivity index (χ0) is 14.2. The molecule has 2 saturated heterocycles. The molecule has 2 aliphatic rings. The normalized spacial score (nSPS) is 50.8. The van der Waals surface area contributed by atoms with Gasteiger partial charge in [-0.05, 0) is 6.92 Å². The number of aliphatic hydroxyl groups excluding tert-OH is 5. The van der Waals surface area contributed by atoms with E-state index in [9.17, 15) is 20.4 Å². The predicted octanol–water partition coefficient (Wildman–Crippen LogP) is -3.05. The topological polar surface area (TPSA) is 129 Å². The first-order chi connectivity index (χ1) is 8.95. The van der Waals surface area contributed by atoms with Crippen molar-refractivity contribution in [1.82, 2.24) is 0 Å². The standard InChI is InChI=1S/C11H20O8/c1-4-7(13)9(15)6(18-4)3-17-11-10(16)8(14)5(2-12)19-11/h4-16H,2-3H2,1H3/t4-,5-,6-,7?,8?,9?,10-,11+/m0/s1. The van der Waals surface area contributed by atoms with Crippen LogP contribution in [0.2, 0.25) is 0 Å². The van der Waals surface area contributed by atoms with Crippen LogP contribution in [0.15, 0.2) is 0 Å². The fourth-order valence-corrected chi connectivity index (χ4v) is 2.26. The third kappa shape index (κ3) is 2.91. The van der Waals surface area contributed by atoms with E-state index in [-0.39, 0.29) is 6.61 Å². The molecule has 0 aromatic rings. The van der Waals surface area contributed by atoms with Crippen molar-refractivity contribution >= 4 is 0 Å². The summed E-state index contributed by atoms with van der Waals surface area (Å²) >= 11 is 0. The highest BCUT2D eigenvalue weighted by atomic mass is 16.7. The predicted molar refractivity (Wildman–Crippen MR) is 60.1 cm³/mol. The van der Waals surface area contributed by atoms with Crippen LogP contribution in [0.4, 0.5) is 0 Å². The molecule has 2 fully saturated rings. The average molecular weight is 280 g/mol. The second-order valence-corrected chi connectivity index (χ2v) is 4.90. The van der Waals surface area contributed by atoms with E-state index in [0.29, 0.717) is 0 Å². The Hall–Kier alpha value is -0.320. The van der Waals surface area contributed by atoms with E-state index in [0.717, 1.165) is 0 Å². The first-order valence-electron chi connectivity index (χ1n) is 6.21. The van der Waals surface area contributed by atoms with Gasteiger partial charge < -0.3 is 39.7 Å². The molecule has 0 aliphatic carbocycles. The number of rotatable bonds is 4. The first-order valence-corrected chi connectivity index (χ1v) is 6.21. The molecule has 0 aromatic heterocycles. The Labute approximate surface area is 110 Å². The number of aliphatic hydroxyl groups is 5. The molecular weight excluding hydrogens is 260 g/mol. The average Bonchev–Trinajstić information content (AvgIpc) is 2.81. The molecule has 8 heteroatoms. The maximum atomic E-state index is 9.67. The fraction of sp³-hybridized carbons (Fsp3) is 1.00. The van der Waals surface area contributed by atoms with Gasteiger partial charge in [0.2, 0.25) is 0 Å². The van der Waals surface area contributed by atoms with Crippen LogP contribution in [0.25, 0.3) is 0 Å². The Balaban J connectivity index is 1.83. The smallest absolute Gasteiger partial charge is 0.186 e. The van der Waals surface area contributed by atoms with Gasteiger partial charge in [0.25, 0.3) is 0 Å². The summed E-state index contributed by atoms with van der Waals surface area (Å²) in [6.07, 6.45) is -7.81. The van der Waals surface area contributed by atoms with Crippen LogP contribution >= 0.6 is 0 Å². The van der Waals surface area contributed by atoms with Crippen LogP contribution in [-0.4, -0.2) is 87.8 Å². The molecule has 0 aromatic carbocycles. The Morgan fingerprint density at radius 1 is 0.895 bits per heavy atom. The molecular formula is C11H20O8. The van der Waals surface area contributed by atoms with Gasteiger partial charge in [-0.3, -0.25) is 0 Å². The summed E-state index contributed by atoms with van der Waals surface area (Å²) < 4.78 is 15.6. The van der Waals surface area contributed by atoms with Crippen LogP contribution in [0.1, 0.15) is 6.92 Å². The van der Waals surface area contributed by atoms with Crippen molar-refractivity contribution in [3.8, 4) is 0 Å². The molecule has 3 unspecified atom stereocenters. The van der Waals surface area contributed by atoms with E-state index in [4.69, 9.17) is 19.3 Å². The minimum atomic E-state index is -1.28. The molecule has 0 bridgehead atoms. The molecule has 2 aliphatic heterocycles. The van der Waals surface area contributed by atoms with Gasteiger partial charge >= 0.3 is 0 Å². The molecule has 0 saturated carbocycles. The lowest BCUT2D eigenvalue weighted by molar-refractivity contribution is -0.188. The third-order valence-electron chi connectivity index (χ3n) is 3.52. The first kappa shape index (κ1) is 15.1. The number of ether oxygens (including phenoxy) is 3. The van der Waals surface area contributed by atoms with Crippen molar-refractivity contribution in [2.45, 2.75) is 55.9 Å². The van der Waals surface area contributed by atoms with E-state index < -0.39 is 55.6 Å². The summed E-state index contributed by atoms with van der Waals surface area (Å²) in [4.78, 5) is 0. The second kappa shape index (κ2) is 5.98. The van der Waals surface area contributed by atoms with Gasteiger partial charge in [0, 0.05) is 0 Å². The largest absolute Gasteiger partial charge is 0.394 e. The lowest BCUT2D eigenvalue weighted by atomic mass is 10.1.